The number of nitrogens with one attached hydrogen (secondary N) is 1. The summed E-state index contributed by atoms with van der Waals surface area (Å²) in [5.41, 5.74) is -4.24. The van der Waals surface area contributed by atoms with Gasteiger partial charge in [0.1, 0.15) is 17.1 Å². The molecule has 190 valence electrons. The number of amides is 1. The number of carbonyl (C=O) groups is 1. The standard InChI is InChI=1S/C22H19F6NO5S/c1-13(30)29-9-8-17-18-11-16(34-35(31,32)22(26,27)28)6-7-19(18)33-20(17)10-14-2-4-15(5-3-14)12-21(23,24)25/h2-7,11H,8-10,12H2,1H3,(H,29,30). The van der Waals surface area contributed by atoms with Gasteiger partial charge in [-0.3, -0.25) is 4.79 Å². The molecule has 1 N–H and O–H groups in total. The third-order valence-electron chi connectivity index (χ3n) is 4.88. The fourth-order valence-corrected chi connectivity index (χ4v) is 3.83. The topological polar surface area (TPSA) is 85.6 Å². The second-order valence-electron chi connectivity index (χ2n) is 7.66. The molecule has 0 bridgehead atoms. The highest BCUT2D eigenvalue weighted by Gasteiger charge is 2.48. The first-order valence-corrected chi connectivity index (χ1v) is 11.5. The van der Waals surface area contributed by atoms with E-state index in [1.807, 2.05) is 0 Å². The molecule has 3 rings (SSSR count). The highest BCUT2D eigenvalue weighted by molar-refractivity contribution is 7.88. The lowest BCUT2D eigenvalue weighted by atomic mass is 10.0. The van der Waals surface area contributed by atoms with Crippen molar-refractivity contribution in [3.63, 3.8) is 0 Å². The molecule has 0 radical (unpaired) electrons. The highest BCUT2D eigenvalue weighted by Crippen LogP contribution is 2.34. The van der Waals surface area contributed by atoms with E-state index in [-0.39, 0.29) is 41.8 Å². The molecule has 0 saturated heterocycles. The van der Waals surface area contributed by atoms with Gasteiger partial charge in [0.05, 0.1) is 6.42 Å². The smallest absolute Gasteiger partial charge is 0.460 e. The molecule has 0 saturated carbocycles. The van der Waals surface area contributed by atoms with Gasteiger partial charge in [-0.25, -0.2) is 0 Å². The van der Waals surface area contributed by atoms with Crippen LogP contribution in [0.5, 0.6) is 5.75 Å². The zero-order valence-electron chi connectivity index (χ0n) is 18.1. The third kappa shape index (κ3) is 6.90. The second kappa shape index (κ2) is 9.80. The summed E-state index contributed by atoms with van der Waals surface area (Å²) in [5.74, 6) is -0.552. The lowest BCUT2D eigenvalue weighted by Crippen LogP contribution is -2.28. The molecule has 13 heteroatoms. The fraction of sp³-hybridized carbons (Fsp3) is 0.318. The van der Waals surface area contributed by atoms with E-state index in [0.29, 0.717) is 16.9 Å². The number of alkyl halides is 6. The first-order valence-electron chi connectivity index (χ1n) is 10.1. The maximum absolute atomic E-state index is 12.7. The van der Waals surface area contributed by atoms with Crippen LogP contribution in [0.4, 0.5) is 26.3 Å². The Balaban J connectivity index is 1.94. The minimum absolute atomic E-state index is 0.0735. The van der Waals surface area contributed by atoms with Crippen LogP contribution in [0.2, 0.25) is 0 Å². The van der Waals surface area contributed by atoms with E-state index in [2.05, 4.69) is 9.50 Å². The zero-order valence-corrected chi connectivity index (χ0v) is 18.9. The monoisotopic (exact) mass is 523 g/mol. The molecule has 0 fully saturated rings. The maximum atomic E-state index is 12.7. The van der Waals surface area contributed by atoms with E-state index in [0.717, 1.165) is 12.1 Å². The Morgan fingerprint density at radius 1 is 1.00 bits per heavy atom. The summed E-state index contributed by atoms with van der Waals surface area (Å²) in [4.78, 5) is 11.2. The Kier molecular flexibility index (Phi) is 7.39. The van der Waals surface area contributed by atoms with E-state index in [1.165, 1.54) is 37.3 Å². The van der Waals surface area contributed by atoms with Crippen molar-refractivity contribution in [1.29, 1.82) is 0 Å². The molecule has 0 unspecified atom stereocenters. The molecule has 1 aromatic heterocycles. The van der Waals surface area contributed by atoms with Gasteiger partial charge in [0, 0.05) is 30.8 Å². The number of halogens is 6. The SMILES string of the molecule is CC(=O)NCCc1c(Cc2ccc(CC(F)(F)F)cc2)oc2ccc(OS(=O)(=O)C(F)(F)F)cc12. The number of hydrogen-bond donors (Lipinski definition) is 1. The summed E-state index contributed by atoms with van der Waals surface area (Å²) in [7, 11) is -5.89. The largest absolute Gasteiger partial charge is 0.534 e. The van der Waals surface area contributed by atoms with E-state index in [9.17, 15) is 39.6 Å². The minimum Gasteiger partial charge on any atom is -0.460 e. The second-order valence-corrected chi connectivity index (χ2v) is 9.20. The van der Waals surface area contributed by atoms with Crippen LogP contribution in [-0.2, 0) is 34.2 Å². The van der Waals surface area contributed by atoms with Gasteiger partial charge in [-0.2, -0.15) is 34.8 Å². The molecule has 2 aromatic carbocycles. The maximum Gasteiger partial charge on any atom is 0.534 e. The molecule has 0 aliphatic heterocycles. The molecule has 1 amide bonds. The van der Waals surface area contributed by atoms with Gasteiger partial charge in [0.25, 0.3) is 0 Å². The van der Waals surface area contributed by atoms with Crippen LogP contribution in [0.25, 0.3) is 11.0 Å². The predicted octanol–water partition coefficient (Wildman–Crippen LogP) is 5.04. The molecule has 1 heterocycles. The Morgan fingerprint density at radius 2 is 1.63 bits per heavy atom. The molecule has 0 aliphatic rings. The fourth-order valence-electron chi connectivity index (χ4n) is 3.38. The van der Waals surface area contributed by atoms with Crippen molar-refractivity contribution in [1.82, 2.24) is 5.32 Å². The zero-order chi connectivity index (χ0) is 26.0. The van der Waals surface area contributed by atoms with Crippen molar-refractivity contribution < 1.29 is 48.2 Å². The summed E-state index contributed by atoms with van der Waals surface area (Å²) < 4.78 is 109. The summed E-state index contributed by atoms with van der Waals surface area (Å²) >= 11 is 0. The van der Waals surface area contributed by atoms with Gasteiger partial charge in [0.2, 0.25) is 5.91 Å². The molecular formula is C22H19F6NO5S. The number of fused-ring (bicyclic) bond motifs is 1. The summed E-state index contributed by atoms with van der Waals surface area (Å²) in [5, 5.41) is 2.85. The van der Waals surface area contributed by atoms with Gasteiger partial charge in [-0.15, -0.1) is 0 Å². The van der Waals surface area contributed by atoms with E-state index < -0.39 is 34.0 Å². The minimum atomic E-state index is -5.89. The third-order valence-corrected chi connectivity index (χ3v) is 5.86. The average molecular weight is 523 g/mol. The van der Waals surface area contributed by atoms with Crippen molar-refractivity contribution in [2.45, 2.75) is 37.9 Å². The lowest BCUT2D eigenvalue weighted by molar-refractivity contribution is -0.127. The molecule has 0 spiro atoms. The number of hydrogen-bond acceptors (Lipinski definition) is 5. The Labute approximate surface area is 196 Å². The number of carbonyl (C=O) groups excluding carboxylic acids is 1. The van der Waals surface area contributed by atoms with Gasteiger partial charge >= 0.3 is 21.8 Å². The number of furan rings is 1. The van der Waals surface area contributed by atoms with Crippen molar-refractivity contribution >= 4 is 27.0 Å². The van der Waals surface area contributed by atoms with Crippen molar-refractivity contribution in [2.75, 3.05) is 6.54 Å². The first kappa shape index (κ1) is 26.4. The van der Waals surface area contributed by atoms with Crippen LogP contribution in [0, 0.1) is 0 Å². The van der Waals surface area contributed by atoms with E-state index in [4.69, 9.17) is 4.42 Å². The average Bonchev–Trinajstić information content (AvgIpc) is 3.03. The van der Waals surface area contributed by atoms with Crippen LogP contribution < -0.4 is 9.50 Å². The molecule has 0 aliphatic carbocycles. The number of benzene rings is 2. The Morgan fingerprint density at radius 3 is 2.20 bits per heavy atom. The Hall–Kier alpha value is -3.22. The van der Waals surface area contributed by atoms with E-state index in [1.54, 1.807) is 0 Å². The molecule has 6 nitrogen and oxygen atoms in total. The highest BCUT2D eigenvalue weighted by atomic mass is 32.2. The van der Waals surface area contributed by atoms with Crippen molar-refractivity contribution in [2.24, 2.45) is 0 Å². The molecule has 3 aromatic rings. The summed E-state index contributed by atoms with van der Waals surface area (Å²) in [6.45, 7) is 1.44. The molecular weight excluding hydrogens is 504 g/mol. The van der Waals surface area contributed by atoms with Crippen LogP contribution in [0.15, 0.2) is 46.9 Å². The first-order chi connectivity index (χ1) is 16.1. The molecule has 0 atom stereocenters. The van der Waals surface area contributed by atoms with Crippen LogP contribution in [0.3, 0.4) is 0 Å². The van der Waals surface area contributed by atoms with Gasteiger partial charge < -0.3 is 13.9 Å². The quantitative estimate of drug-likeness (QED) is 0.254. The molecule has 35 heavy (non-hydrogen) atoms. The van der Waals surface area contributed by atoms with Gasteiger partial charge in [-0.05, 0) is 35.7 Å². The normalized spacial score (nSPS) is 12.7. The van der Waals surface area contributed by atoms with Crippen LogP contribution in [0.1, 0.15) is 29.4 Å². The summed E-state index contributed by atoms with van der Waals surface area (Å²) in [6.07, 6.45) is -5.11. The van der Waals surface area contributed by atoms with E-state index >= 15 is 0 Å². The number of rotatable bonds is 8. The van der Waals surface area contributed by atoms with Gasteiger partial charge in [0.15, 0.2) is 0 Å². The van der Waals surface area contributed by atoms with Crippen molar-refractivity contribution in [3.05, 3.63) is 64.9 Å². The van der Waals surface area contributed by atoms with Crippen LogP contribution >= 0.6 is 0 Å². The van der Waals surface area contributed by atoms with Gasteiger partial charge in [-0.1, -0.05) is 24.3 Å². The van der Waals surface area contributed by atoms with Crippen LogP contribution in [-0.4, -0.2) is 32.6 Å². The lowest BCUT2D eigenvalue weighted by Gasteiger charge is -2.09. The summed E-state index contributed by atoms with van der Waals surface area (Å²) in [6, 6.07) is 8.98. The predicted molar refractivity (Wildman–Crippen MR) is 113 cm³/mol. The Bertz CT molecular complexity index is 1310. The van der Waals surface area contributed by atoms with Crippen molar-refractivity contribution in [3.8, 4) is 5.75 Å².